The van der Waals surface area contributed by atoms with Crippen LogP contribution in [0, 0.1) is 0 Å². The van der Waals surface area contributed by atoms with Crippen LogP contribution in [0.3, 0.4) is 0 Å². The zero-order valence-corrected chi connectivity index (χ0v) is 18.3. The van der Waals surface area contributed by atoms with Crippen molar-refractivity contribution in [1.29, 1.82) is 0 Å². The highest BCUT2D eigenvalue weighted by Crippen LogP contribution is 2.30. The number of hydrogen-bond donors (Lipinski definition) is 1. The van der Waals surface area contributed by atoms with Crippen LogP contribution in [0.2, 0.25) is 0 Å². The smallest absolute Gasteiger partial charge is 0.305 e. The highest BCUT2D eigenvalue weighted by molar-refractivity contribution is 8.00. The van der Waals surface area contributed by atoms with Gasteiger partial charge in [-0.2, -0.15) is 0 Å². The average molecular weight is 416 g/mol. The Morgan fingerprint density at radius 1 is 1.14 bits per heavy atom. The van der Waals surface area contributed by atoms with E-state index in [0.717, 1.165) is 64.3 Å². The quantitative estimate of drug-likeness (QED) is 0.293. The summed E-state index contributed by atoms with van der Waals surface area (Å²) in [5, 5.41) is 8.83. The molecule has 0 aromatic heterocycles. The van der Waals surface area contributed by atoms with Crippen molar-refractivity contribution in [3.05, 3.63) is 0 Å². The fourth-order valence-corrected chi connectivity index (χ4v) is 4.61. The summed E-state index contributed by atoms with van der Waals surface area (Å²) in [4.78, 5) is 36.4. The Labute approximate surface area is 173 Å². The Kier molecular flexibility index (Phi) is 13.0. The van der Waals surface area contributed by atoms with E-state index >= 15 is 0 Å². The van der Waals surface area contributed by atoms with Crippen molar-refractivity contribution in [3.63, 3.8) is 0 Å². The number of amides is 1. The van der Waals surface area contributed by atoms with Crippen molar-refractivity contribution in [2.24, 2.45) is 0 Å². The molecule has 28 heavy (non-hydrogen) atoms. The van der Waals surface area contributed by atoms with Gasteiger partial charge < -0.3 is 14.7 Å². The van der Waals surface area contributed by atoms with Crippen molar-refractivity contribution in [2.75, 3.05) is 12.3 Å². The van der Waals surface area contributed by atoms with Gasteiger partial charge in [-0.3, -0.25) is 14.4 Å². The van der Waals surface area contributed by atoms with Gasteiger partial charge in [0.1, 0.15) is 6.10 Å². The Balaban J connectivity index is 2.39. The fourth-order valence-electron chi connectivity index (χ4n) is 3.40. The van der Waals surface area contributed by atoms with Crippen molar-refractivity contribution in [2.45, 2.75) is 102 Å². The van der Waals surface area contributed by atoms with Gasteiger partial charge >= 0.3 is 11.9 Å². The summed E-state index contributed by atoms with van der Waals surface area (Å²) in [5.41, 5.74) is 0. The van der Waals surface area contributed by atoms with Crippen LogP contribution in [0.15, 0.2) is 0 Å². The summed E-state index contributed by atoms with van der Waals surface area (Å²) in [6.45, 7) is 4.71. The molecule has 0 aliphatic carbocycles. The Hall–Kier alpha value is -1.24. The largest absolute Gasteiger partial charge is 0.481 e. The van der Waals surface area contributed by atoms with Crippen molar-refractivity contribution < 1.29 is 24.2 Å². The molecule has 0 bridgehead atoms. The lowest BCUT2D eigenvalue weighted by Crippen LogP contribution is -2.34. The number of carboxylic acids is 1. The molecular weight excluding hydrogens is 378 g/mol. The fraction of sp³-hybridized carbons (Fsp3) is 0.857. The molecule has 1 N–H and O–H groups in total. The van der Waals surface area contributed by atoms with Crippen molar-refractivity contribution >= 4 is 29.6 Å². The van der Waals surface area contributed by atoms with Gasteiger partial charge in [-0.15, -0.1) is 11.8 Å². The molecular formula is C21H37NO5S. The zero-order valence-electron chi connectivity index (χ0n) is 17.5. The monoisotopic (exact) mass is 415 g/mol. The molecule has 1 heterocycles. The number of ether oxygens (including phenoxy) is 1. The van der Waals surface area contributed by atoms with Crippen LogP contribution in [0.1, 0.15) is 90.9 Å². The first-order valence-corrected chi connectivity index (χ1v) is 11.8. The maximum atomic E-state index is 12.2. The predicted molar refractivity (Wildman–Crippen MR) is 112 cm³/mol. The Morgan fingerprint density at radius 2 is 1.89 bits per heavy atom. The maximum Gasteiger partial charge on any atom is 0.305 e. The lowest BCUT2D eigenvalue weighted by atomic mass is 10.1. The third-order valence-electron chi connectivity index (χ3n) is 5.06. The molecule has 1 fully saturated rings. The summed E-state index contributed by atoms with van der Waals surface area (Å²) in [6, 6.07) is 0. The van der Waals surface area contributed by atoms with Crippen molar-refractivity contribution in [1.82, 2.24) is 4.90 Å². The Morgan fingerprint density at radius 3 is 2.57 bits per heavy atom. The van der Waals surface area contributed by atoms with Gasteiger partial charge in [0.15, 0.2) is 0 Å². The molecule has 1 amide bonds. The molecule has 162 valence electrons. The number of carbonyl (C=O) groups is 3. The van der Waals surface area contributed by atoms with Crippen LogP contribution < -0.4 is 0 Å². The van der Waals surface area contributed by atoms with Gasteiger partial charge in [-0.1, -0.05) is 39.5 Å². The first-order valence-electron chi connectivity index (χ1n) is 10.8. The van der Waals surface area contributed by atoms with Crippen LogP contribution in [0.25, 0.3) is 0 Å². The van der Waals surface area contributed by atoms with E-state index in [4.69, 9.17) is 9.84 Å². The molecule has 0 radical (unpaired) electrons. The number of hydrogen-bond acceptors (Lipinski definition) is 5. The number of carboxylic acid groups (broad SMARTS) is 1. The van der Waals surface area contributed by atoms with E-state index in [1.807, 2.05) is 11.8 Å². The van der Waals surface area contributed by atoms with E-state index in [9.17, 15) is 14.4 Å². The Bertz CT molecular complexity index is 485. The molecule has 0 saturated carbocycles. The number of aliphatic carboxylic acids is 1. The molecule has 7 heteroatoms. The first kappa shape index (κ1) is 24.8. The highest BCUT2D eigenvalue weighted by Gasteiger charge is 2.31. The van der Waals surface area contributed by atoms with Gasteiger partial charge in [0.05, 0.1) is 11.1 Å². The zero-order chi connectivity index (χ0) is 20.8. The molecule has 0 aromatic rings. The number of rotatable bonds is 16. The van der Waals surface area contributed by atoms with E-state index in [1.165, 1.54) is 0 Å². The molecule has 0 aromatic carbocycles. The number of thioether (sulfide) groups is 1. The van der Waals surface area contributed by atoms with Crippen LogP contribution in [0.4, 0.5) is 0 Å². The summed E-state index contributed by atoms with van der Waals surface area (Å²) in [7, 11) is 0. The summed E-state index contributed by atoms with van der Waals surface area (Å²) in [6.07, 6.45) is 9.91. The second kappa shape index (κ2) is 14.7. The molecule has 1 rings (SSSR count). The van der Waals surface area contributed by atoms with E-state index in [2.05, 4.69) is 6.92 Å². The second-order valence-electron chi connectivity index (χ2n) is 7.45. The van der Waals surface area contributed by atoms with Gasteiger partial charge in [0.2, 0.25) is 5.91 Å². The maximum absolute atomic E-state index is 12.2. The molecule has 2 atom stereocenters. The van der Waals surface area contributed by atoms with Gasteiger partial charge in [0.25, 0.3) is 0 Å². The number of nitrogens with zero attached hydrogens (tertiary/aromatic N) is 1. The molecule has 2 unspecified atom stereocenters. The molecule has 1 saturated heterocycles. The molecule has 6 nitrogen and oxygen atoms in total. The van der Waals surface area contributed by atoms with E-state index < -0.39 is 5.97 Å². The minimum absolute atomic E-state index is 0.0480. The van der Waals surface area contributed by atoms with Crippen LogP contribution in [0.5, 0.6) is 0 Å². The number of carbonyl (C=O) groups excluding carboxylic acids is 2. The lowest BCUT2D eigenvalue weighted by molar-refractivity contribution is -0.149. The van der Waals surface area contributed by atoms with Gasteiger partial charge in [0, 0.05) is 19.4 Å². The van der Waals surface area contributed by atoms with Crippen molar-refractivity contribution in [3.8, 4) is 0 Å². The van der Waals surface area contributed by atoms with E-state index in [0.29, 0.717) is 18.6 Å². The number of unbranched alkanes of at least 4 members (excludes halogenated alkanes) is 5. The van der Waals surface area contributed by atoms with Crippen LogP contribution >= 0.6 is 11.8 Å². The van der Waals surface area contributed by atoms with Crippen LogP contribution in [-0.2, 0) is 19.1 Å². The molecule has 0 spiro atoms. The van der Waals surface area contributed by atoms with Gasteiger partial charge in [-0.05, 0) is 38.5 Å². The summed E-state index contributed by atoms with van der Waals surface area (Å²) < 4.78 is 5.61. The molecule has 1 aliphatic rings. The SMILES string of the molecule is CCCCCC(CCC1SCC(=O)N1CCCCCCC(=O)O)OC(=O)CC. The summed E-state index contributed by atoms with van der Waals surface area (Å²) in [5.74, 6) is -0.175. The topological polar surface area (TPSA) is 83.9 Å². The molecule has 1 aliphatic heterocycles. The first-order chi connectivity index (χ1) is 13.5. The normalized spacial score (nSPS) is 17.7. The third kappa shape index (κ3) is 10.3. The highest BCUT2D eigenvalue weighted by atomic mass is 32.2. The average Bonchev–Trinajstić information content (AvgIpc) is 3.02. The minimum atomic E-state index is -0.747. The lowest BCUT2D eigenvalue weighted by Gasteiger charge is -2.26. The van der Waals surface area contributed by atoms with E-state index in [-0.39, 0.29) is 29.8 Å². The summed E-state index contributed by atoms with van der Waals surface area (Å²) >= 11 is 1.68. The minimum Gasteiger partial charge on any atom is -0.481 e. The van der Waals surface area contributed by atoms with Crippen LogP contribution in [-0.4, -0.2) is 51.6 Å². The second-order valence-corrected chi connectivity index (χ2v) is 8.62. The standard InChI is InChI=1S/C21H37NO5S/c1-3-5-8-11-17(27-21(26)4-2)13-14-19-22(18(23)16-28-19)15-10-7-6-9-12-20(24)25/h17,19H,3-16H2,1-2H3,(H,24,25). The van der Waals surface area contributed by atoms with Gasteiger partial charge in [-0.25, -0.2) is 0 Å². The number of esters is 1. The predicted octanol–water partition coefficient (Wildman–Crippen LogP) is 4.61. The van der Waals surface area contributed by atoms with E-state index in [1.54, 1.807) is 11.8 Å². The third-order valence-corrected chi connectivity index (χ3v) is 6.35.